The van der Waals surface area contributed by atoms with E-state index in [4.69, 9.17) is 0 Å². The van der Waals surface area contributed by atoms with Crippen LogP contribution in [0.3, 0.4) is 0 Å². The molecule has 1 aliphatic heterocycles. The van der Waals surface area contributed by atoms with E-state index in [0.717, 1.165) is 31.2 Å². The Morgan fingerprint density at radius 3 is 2.17 bits per heavy atom. The highest BCUT2D eigenvalue weighted by Crippen LogP contribution is 2.19. The predicted molar refractivity (Wildman–Crippen MR) is 95.3 cm³/mol. The molecule has 0 saturated carbocycles. The number of carbonyl (C=O) groups is 1. The topological polar surface area (TPSA) is 57.7 Å². The van der Waals surface area contributed by atoms with Crippen molar-refractivity contribution < 1.29 is 13.2 Å². The van der Waals surface area contributed by atoms with Gasteiger partial charge in [-0.3, -0.25) is 4.79 Å². The highest BCUT2D eigenvalue weighted by atomic mass is 32.2. The van der Waals surface area contributed by atoms with Crippen LogP contribution in [0.4, 0.5) is 0 Å². The third-order valence-electron chi connectivity index (χ3n) is 4.44. The van der Waals surface area contributed by atoms with E-state index >= 15 is 0 Å². The van der Waals surface area contributed by atoms with Crippen molar-refractivity contribution in [3.05, 3.63) is 29.8 Å². The Balaban J connectivity index is 1.98. The summed E-state index contributed by atoms with van der Waals surface area (Å²) >= 11 is 0. The number of benzene rings is 1. The first-order valence-electron chi connectivity index (χ1n) is 8.86. The lowest BCUT2D eigenvalue weighted by Gasteiger charge is -2.34. The van der Waals surface area contributed by atoms with Crippen molar-refractivity contribution in [3.63, 3.8) is 0 Å². The summed E-state index contributed by atoms with van der Waals surface area (Å²) in [5.74, 6) is 0.137. The van der Waals surface area contributed by atoms with Gasteiger partial charge in [-0.05, 0) is 30.5 Å². The first-order chi connectivity index (χ1) is 11.5. The fourth-order valence-corrected chi connectivity index (χ4v) is 4.35. The summed E-state index contributed by atoms with van der Waals surface area (Å²) in [7, 11) is -3.46. The maximum atomic E-state index is 12.7. The van der Waals surface area contributed by atoms with E-state index in [1.807, 2.05) is 12.1 Å². The molecule has 0 atom stereocenters. The first-order valence-corrected chi connectivity index (χ1v) is 10.3. The van der Waals surface area contributed by atoms with Crippen molar-refractivity contribution in [3.8, 4) is 0 Å². The average Bonchev–Trinajstić information content (AvgIpc) is 2.60. The highest BCUT2D eigenvalue weighted by molar-refractivity contribution is 7.89. The average molecular weight is 353 g/mol. The molecule has 134 valence electrons. The molecule has 0 aliphatic carbocycles. The monoisotopic (exact) mass is 352 g/mol. The van der Waals surface area contributed by atoms with Crippen LogP contribution < -0.4 is 0 Å². The number of rotatable bonds is 7. The van der Waals surface area contributed by atoms with Crippen LogP contribution in [0, 0.1) is 0 Å². The zero-order valence-corrected chi connectivity index (χ0v) is 15.5. The summed E-state index contributed by atoms with van der Waals surface area (Å²) in [4.78, 5) is 14.2. The number of unbranched alkanes of at least 4 members (excludes halogenated alkanes) is 1. The van der Waals surface area contributed by atoms with Crippen LogP contribution in [0.15, 0.2) is 29.2 Å². The molecular weight excluding hydrogens is 324 g/mol. The number of piperazine rings is 1. The lowest BCUT2D eigenvalue weighted by Crippen LogP contribution is -2.50. The van der Waals surface area contributed by atoms with Gasteiger partial charge < -0.3 is 4.90 Å². The summed E-state index contributed by atoms with van der Waals surface area (Å²) in [6.07, 6.45) is 4.44. The zero-order valence-electron chi connectivity index (χ0n) is 14.7. The van der Waals surface area contributed by atoms with Crippen LogP contribution in [0.2, 0.25) is 0 Å². The molecule has 1 heterocycles. The lowest BCUT2D eigenvalue weighted by atomic mass is 10.1. The van der Waals surface area contributed by atoms with E-state index in [2.05, 4.69) is 13.8 Å². The van der Waals surface area contributed by atoms with Gasteiger partial charge in [-0.25, -0.2) is 8.42 Å². The van der Waals surface area contributed by atoms with Gasteiger partial charge in [0.15, 0.2) is 0 Å². The summed E-state index contributed by atoms with van der Waals surface area (Å²) in [5.41, 5.74) is 1.16. The van der Waals surface area contributed by atoms with Crippen LogP contribution in [0.25, 0.3) is 0 Å². The van der Waals surface area contributed by atoms with Crippen molar-refractivity contribution in [2.75, 3.05) is 26.2 Å². The molecule has 0 bridgehead atoms. The Kier molecular flexibility index (Phi) is 6.80. The summed E-state index contributed by atoms with van der Waals surface area (Å²) < 4.78 is 26.9. The summed E-state index contributed by atoms with van der Waals surface area (Å²) in [6, 6.07) is 7.17. The summed E-state index contributed by atoms with van der Waals surface area (Å²) in [6.45, 7) is 5.87. The second-order valence-electron chi connectivity index (χ2n) is 6.28. The van der Waals surface area contributed by atoms with Crippen LogP contribution in [-0.2, 0) is 21.2 Å². The number of hydrogen-bond donors (Lipinski definition) is 0. The molecule has 2 rings (SSSR count). The number of sulfonamides is 1. The van der Waals surface area contributed by atoms with Crippen molar-refractivity contribution >= 4 is 15.9 Å². The number of aryl methyl sites for hydroxylation is 1. The largest absolute Gasteiger partial charge is 0.340 e. The van der Waals surface area contributed by atoms with Crippen LogP contribution in [0.1, 0.15) is 45.1 Å². The van der Waals surface area contributed by atoms with Crippen molar-refractivity contribution in [2.45, 2.75) is 50.8 Å². The minimum Gasteiger partial charge on any atom is -0.340 e. The first kappa shape index (κ1) is 18.9. The fraction of sp³-hybridized carbons (Fsp3) is 0.611. The van der Waals surface area contributed by atoms with Gasteiger partial charge in [-0.15, -0.1) is 0 Å². The van der Waals surface area contributed by atoms with Gasteiger partial charge >= 0.3 is 0 Å². The molecule has 1 aliphatic rings. The van der Waals surface area contributed by atoms with Crippen LogP contribution >= 0.6 is 0 Å². The standard InChI is InChI=1S/C18H28N2O3S/c1-3-5-7-18(21)19-12-14-20(15-13-19)24(22,23)17-10-8-16(6-4-2)9-11-17/h8-11H,3-7,12-15H2,1-2H3. The maximum Gasteiger partial charge on any atom is 0.243 e. The van der Waals surface area contributed by atoms with Gasteiger partial charge in [0.25, 0.3) is 0 Å². The lowest BCUT2D eigenvalue weighted by molar-refractivity contribution is -0.132. The molecule has 5 nitrogen and oxygen atoms in total. The molecule has 0 N–H and O–H groups in total. The SMILES string of the molecule is CCCCC(=O)N1CCN(S(=O)(=O)c2ccc(CCC)cc2)CC1. The third-order valence-corrected chi connectivity index (χ3v) is 6.35. The molecule has 1 saturated heterocycles. The van der Waals surface area contributed by atoms with Crippen LogP contribution in [0.5, 0.6) is 0 Å². The predicted octanol–water partition coefficient (Wildman–Crippen LogP) is 2.66. The Labute approximate surface area is 145 Å². The second kappa shape index (κ2) is 8.62. The van der Waals surface area contributed by atoms with Gasteiger partial charge in [0.1, 0.15) is 0 Å². The maximum absolute atomic E-state index is 12.7. The molecule has 1 aromatic carbocycles. The molecule has 24 heavy (non-hydrogen) atoms. The second-order valence-corrected chi connectivity index (χ2v) is 8.22. The molecule has 1 amide bonds. The van der Waals surface area contributed by atoms with Crippen molar-refractivity contribution in [1.29, 1.82) is 0 Å². The Morgan fingerprint density at radius 1 is 1.00 bits per heavy atom. The quantitative estimate of drug-likeness (QED) is 0.758. The minimum atomic E-state index is -3.46. The zero-order chi connectivity index (χ0) is 17.6. The minimum absolute atomic E-state index is 0.137. The molecular formula is C18H28N2O3S. The number of hydrogen-bond acceptors (Lipinski definition) is 3. The Bertz CT molecular complexity index is 633. The number of carbonyl (C=O) groups excluding carboxylic acids is 1. The summed E-state index contributed by atoms with van der Waals surface area (Å²) in [5, 5.41) is 0. The smallest absolute Gasteiger partial charge is 0.243 e. The molecule has 0 unspecified atom stereocenters. The van der Waals surface area contributed by atoms with E-state index < -0.39 is 10.0 Å². The number of amides is 1. The van der Waals surface area contributed by atoms with Gasteiger partial charge in [0.05, 0.1) is 4.90 Å². The van der Waals surface area contributed by atoms with Gasteiger partial charge in [-0.2, -0.15) is 4.31 Å². The van der Waals surface area contributed by atoms with Gasteiger partial charge in [-0.1, -0.05) is 38.8 Å². The van der Waals surface area contributed by atoms with Crippen molar-refractivity contribution in [2.24, 2.45) is 0 Å². The van der Waals surface area contributed by atoms with E-state index in [-0.39, 0.29) is 5.91 Å². The van der Waals surface area contributed by atoms with Crippen molar-refractivity contribution in [1.82, 2.24) is 9.21 Å². The van der Waals surface area contributed by atoms with E-state index in [0.29, 0.717) is 37.5 Å². The Morgan fingerprint density at radius 2 is 1.62 bits per heavy atom. The third kappa shape index (κ3) is 4.57. The van der Waals surface area contributed by atoms with E-state index in [1.165, 1.54) is 4.31 Å². The molecule has 0 aromatic heterocycles. The Hall–Kier alpha value is -1.40. The highest BCUT2D eigenvalue weighted by Gasteiger charge is 2.29. The van der Waals surface area contributed by atoms with Crippen LogP contribution in [-0.4, -0.2) is 49.7 Å². The van der Waals surface area contributed by atoms with Gasteiger partial charge in [0.2, 0.25) is 15.9 Å². The van der Waals surface area contributed by atoms with Gasteiger partial charge in [0, 0.05) is 32.6 Å². The van der Waals surface area contributed by atoms with E-state index in [9.17, 15) is 13.2 Å². The molecule has 6 heteroatoms. The molecule has 0 spiro atoms. The van der Waals surface area contributed by atoms with E-state index in [1.54, 1.807) is 17.0 Å². The number of nitrogens with zero attached hydrogens (tertiary/aromatic N) is 2. The molecule has 1 aromatic rings. The molecule has 1 fully saturated rings. The molecule has 0 radical (unpaired) electrons. The fourth-order valence-electron chi connectivity index (χ4n) is 2.93. The normalized spacial score (nSPS) is 16.3.